The number of nitriles is 1. The van der Waals surface area contributed by atoms with Crippen LogP contribution in [0.15, 0.2) is 41.9 Å². The molecule has 1 rings (SSSR count). The lowest BCUT2D eigenvalue weighted by Gasteiger charge is -2.15. The fraction of sp³-hybridized carbons (Fsp3) is 0.250. The van der Waals surface area contributed by atoms with E-state index in [1.165, 1.54) is 0 Å². The zero-order chi connectivity index (χ0) is 11.1. The van der Waals surface area contributed by atoms with Gasteiger partial charge in [0.1, 0.15) is 0 Å². The van der Waals surface area contributed by atoms with Crippen LogP contribution in [0.5, 0.6) is 0 Å². The van der Waals surface area contributed by atoms with E-state index in [2.05, 4.69) is 18.0 Å². The Balaban J connectivity index is 2.66. The highest BCUT2D eigenvalue weighted by atomic mass is 35.5. The monoisotopic (exact) mass is 220 g/mol. The van der Waals surface area contributed by atoms with Crippen molar-refractivity contribution in [3.63, 3.8) is 0 Å². The molecule has 0 aromatic heterocycles. The van der Waals surface area contributed by atoms with Crippen LogP contribution >= 0.6 is 11.6 Å². The Kier molecular flexibility index (Phi) is 4.89. The molecule has 0 bridgehead atoms. The van der Waals surface area contributed by atoms with Gasteiger partial charge in [-0.1, -0.05) is 48.5 Å². The molecule has 0 aliphatic carbocycles. The molecule has 0 spiro atoms. The van der Waals surface area contributed by atoms with Gasteiger partial charge in [0, 0.05) is 17.6 Å². The topological polar surface area (TPSA) is 35.8 Å². The van der Waals surface area contributed by atoms with Crippen LogP contribution in [0.3, 0.4) is 0 Å². The fourth-order valence-electron chi connectivity index (χ4n) is 1.32. The standard InChI is InChI=1S/C12H13ClN2/c1-10(13)9-15-12(7-8-14)11-5-3-2-4-6-11/h2-6,12,15H,1,7,9H2. The van der Waals surface area contributed by atoms with Crippen LogP contribution in [0.4, 0.5) is 0 Å². The van der Waals surface area contributed by atoms with Crippen molar-refractivity contribution in [1.82, 2.24) is 5.32 Å². The molecule has 1 atom stereocenters. The molecule has 0 aliphatic rings. The second-order valence-electron chi connectivity index (χ2n) is 3.22. The summed E-state index contributed by atoms with van der Waals surface area (Å²) in [4.78, 5) is 0. The predicted molar refractivity (Wildman–Crippen MR) is 62.4 cm³/mol. The Hall–Kier alpha value is -1.30. The largest absolute Gasteiger partial charge is 0.304 e. The van der Waals surface area contributed by atoms with E-state index >= 15 is 0 Å². The molecule has 1 aromatic rings. The van der Waals surface area contributed by atoms with E-state index in [9.17, 15) is 0 Å². The van der Waals surface area contributed by atoms with Gasteiger partial charge in [-0.15, -0.1) is 0 Å². The minimum atomic E-state index is 0.0201. The minimum Gasteiger partial charge on any atom is -0.304 e. The average molecular weight is 221 g/mol. The highest BCUT2D eigenvalue weighted by molar-refractivity contribution is 6.29. The van der Waals surface area contributed by atoms with Crippen LogP contribution in [0, 0.1) is 11.3 Å². The highest BCUT2D eigenvalue weighted by Gasteiger charge is 2.09. The van der Waals surface area contributed by atoms with E-state index in [-0.39, 0.29) is 6.04 Å². The second-order valence-corrected chi connectivity index (χ2v) is 3.76. The molecule has 0 saturated heterocycles. The molecule has 15 heavy (non-hydrogen) atoms. The van der Waals surface area contributed by atoms with Crippen molar-refractivity contribution in [3.8, 4) is 6.07 Å². The van der Waals surface area contributed by atoms with Gasteiger partial charge in [-0.3, -0.25) is 0 Å². The lowest BCUT2D eigenvalue weighted by Crippen LogP contribution is -2.22. The van der Waals surface area contributed by atoms with Crippen LogP contribution in [0.25, 0.3) is 0 Å². The number of benzene rings is 1. The summed E-state index contributed by atoms with van der Waals surface area (Å²) < 4.78 is 0. The first kappa shape index (κ1) is 11.8. The number of nitrogens with one attached hydrogen (secondary N) is 1. The van der Waals surface area contributed by atoms with E-state index in [1.54, 1.807) is 0 Å². The number of hydrogen-bond acceptors (Lipinski definition) is 2. The molecule has 1 unspecified atom stereocenters. The zero-order valence-corrected chi connectivity index (χ0v) is 9.17. The van der Waals surface area contributed by atoms with Gasteiger partial charge in [0.2, 0.25) is 0 Å². The molecule has 2 nitrogen and oxygen atoms in total. The van der Waals surface area contributed by atoms with Gasteiger partial charge < -0.3 is 5.32 Å². The molecule has 0 saturated carbocycles. The second kappa shape index (κ2) is 6.23. The third-order valence-corrected chi connectivity index (χ3v) is 2.17. The minimum absolute atomic E-state index is 0.0201. The number of nitrogens with zero attached hydrogens (tertiary/aromatic N) is 1. The first-order chi connectivity index (χ1) is 7.24. The molecular formula is C12H13ClN2. The third-order valence-electron chi connectivity index (χ3n) is 2.04. The van der Waals surface area contributed by atoms with E-state index in [0.717, 1.165) is 5.56 Å². The van der Waals surface area contributed by atoms with Gasteiger partial charge in [-0.05, 0) is 5.56 Å². The summed E-state index contributed by atoms with van der Waals surface area (Å²) in [5.74, 6) is 0. The van der Waals surface area contributed by atoms with Crippen LogP contribution in [-0.4, -0.2) is 6.54 Å². The maximum absolute atomic E-state index is 8.72. The Morgan fingerprint density at radius 2 is 2.13 bits per heavy atom. The number of halogens is 1. The van der Waals surface area contributed by atoms with Gasteiger partial charge in [0.15, 0.2) is 0 Å². The fourth-order valence-corrected chi connectivity index (χ4v) is 1.40. The Morgan fingerprint density at radius 3 is 2.67 bits per heavy atom. The van der Waals surface area contributed by atoms with Crippen molar-refractivity contribution >= 4 is 11.6 Å². The molecule has 1 aromatic carbocycles. The quantitative estimate of drug-likeness (QED) is 0.828. The van der Waals surface area contributed by atoms with E-state index in [1.807, 2.05) is 30.3 Å². The lowest BCUT2D eigenvalue weighted by atomic mass is 10.0. The number of hydrogen-bond donors (Lipinski definition) is 1. The average Bonchev–Trinajstić information content (AvgIpc) is 2.25. The summed E-state index contributed by atoms with van der Waals surface area (Å²) in [6.45, 7) is 4.12. The van der Waals surface area contributed by atoms with Gasteiger partial charge in [-0.25, -0.2) is 0 Å². The van der Waals surface area contributed by atoms with E-state index in [0.29, 0.717) is 18.0 Å². The van der Waals surface area contributed by atoms with Gasteiger partial charge in [0.25, 0.3) is 0 Å². The van der Waals surface area contributed by atoms with Crippen LogP contribution in [0.1, 0.15) is 18.0 Å². The molecular weight excluding hydrogens is 208 g/mol. The van der Waals surface area contributed by atoms with Crippen LogP contribution in [-0.2, 0) is 0 Å². The first-order valence-corrected chi connectivity index (χ1v) is 5.10. The predicted octanol–water partition coefficient (Wildman–Crippen LogP) is 2.98. The summed E-state index contributed by atoms with van der Waals surface area (Å²) in [5.41, 5.74) is 1.09. The maximum Gasteiger partial charge on any atom is 0.0641 e. The van der Waals surface area contributed by atoms with Crippen molar-refractivity contribution in [1.29, 1.82) is 5.26 Å². The normalized spacial score (nSPS) is 11.7. The SMILES string of the molecule is C=C(Cl)CNC(CC#N)c1ccccc1. The van der Waals surface area contributed by atoms with Crippen molar-refractivity contribution < 1.29 is 0 Å². The summed E-state index contributed by atoms with van der Waals surface area (Å²) in [6.07, 6.45) is 0.425. The molecule has 0 amide bonds. The van der Waals surface area contributed by atoms with Crippen molar-refractivity contribution in [2.24, 2.45) is 0 Å². The third kappa shape index (κ3) is 4.16. The molecule has 1 N–H and O–H groups in total. The van der Waals surface area contributed by atoms with Crippen molar-refractivity contribution in [2.75, 3.05) is 6.54 Å². The van der Waals surface area contributed by atoms with Crippen molar-refractivity contribution in [3.05, 3.63) is 47.5 Å². The summed E-state index contributed by atoms with van der Waals surface area (Å²) >= 11 is 5.67. The Labute approximate surface area is 95.2 Å². The van der Waals surface area contributed by atoms with Crippen LogP contribution in [0.2, 0.25) is 0 Å². The zero-order valence-electron chi connectivity index (χ0n) is 8.41. The van der Waals surface area contributed by atoms with Gasteiger partial charge in [0.05, 0.1) is 12.5 Å². The summed E-state index contributed by atoms with van der Waals surface area (Å²) in [5, 5.41) is 12.5. The van der Waals surface area contributed by atoms with E-state index in [4.69, 9.17) is 16.9 Å². The van der Waals surface area contributed by atoms with Gasteiger partial charge >= 0.3 is 0 Å². The molecule has 0 heterocycles. The summed E-state index contributed by atoms with van der Waals surface area (Å²) in [6, 6.07) is 12.0. The Bertz CT molecular complexity index is 354. The smallest absolute Gasteiger partial charge is 0.0641 e. The molecule has 0 radical (unpaired) electrons. The highest BCUT2D eigenvalue weighted by Crippen LogP contribution is 2.16. The van der Waals surface area contributed by atoms with Crippen LogP contribution < -0.4 is 5.32 Å². The molecule has 78 valence electrons. The maximum atomic E-state index is 8.72. The first-order valence-electron chi connectivity index (χ1n) is 4.72. The lowest BCUT2D eigenvalue weighted by molar-refractivity contribution is 0.577. The van der Waals surface area contributed by atoms with E-state index < -0.39 is 0 Å². The summed E-state index contributed by atoms with van der Waals surface area (Å²) in [7, 11) is 0. The molecule has 3 heteroatoms. The van der Waals surface area contributed by atoms with Gasteiger partial charge in [-0.2, -0.15) is 5.26 Å². The Morgan fingerprint density at radius 1 is 1.47 bits per heavy atom. The van der Waals surface area contributed by atoms with Crippen molar-refractivity contribution in [2.45, 2.75) is 12.5 Å². The number of rotatable bonds is 5. The molecule has 0 aliphatic heterocycles. The molecule has 0 fully saturated rings.